The molecule has 9 heteroatoms. The van der Waals surface area contributed by atoms with Gasteiger partial charge in [0, 0.05) is 26.2 Å². The molecule has 156 valence electrons. The number of hydrogen-bond acceptors (Lipinski definition) is 5. The second-order valence-corrected chi connectivity index (χ2v) is 8.83. The molecule has 1 heterocycles. The standard InChI is InChI=1S/C20H24FN3O4S/c1-15-6-7-19(28-2)18(12-15)22-20(25)14-23-8-10-24(11-9-23)29(26,27)17-5-3-4-16(21)13-17/h3-7,12-13H,8-11,14H2,1-2H3,(H,22,25). The van der Waals surface area contributed by atoms with Gasteiger partial charge in [0.1, 0.15) is 11.6 Å². The molecule has 0 radical (unpaired) electrons. The van der Waals surface area contributed by atoms with Crippen LogP contribution in [0.3, 0.4) is 0 Å². The van der Waals surface area contributed by atoms with Gasteiger partial charge in [-0.2, -0.15) is 4.31 Å². The van der Waals surface area contributed by atoms with Crippen molar-refractivity contribution in [3.63, 3.8) is 0 Å². The van der Waals surface area contributed by atoms with Crippen LogP contribution in [0.4, 0.5) is 10.1 Å². The Labute approximate surface area is 170 Å². The highest BCUT2D eigenvalue weighted by molar-refractivity contribution is 7.89. The molecular formula is C20H24FN3O4S. The molecule has 0 saturated carbocycles. The van der Waals surface area contributed by atoms with Gasteiger partial charge in [-0.1, -0.05) is 12.1 Å². The summed E-state index contributed by atoms with van der Waals surface area (Å²) in [6.45, 7) is 3.36. The number of halogens is 1. The molecule has 0 bridgehead atoms. The SMILES string of the molecule is COc1ccc(C)cc1NC(=O)CN1CCN(S(=O)(=O)c2cccc(F)c2)CC1. The highest BCUT2D eigenvalue weighted by atomic mass is 32.2. The summed E-state index contributed by atoms with van der Waals surface area (Å²) in [5.41, 5.74) is 1.60. The maximum Gasteiger partial charge on any atom is 0.243 e. The molecule has 1 saturated heterocycles. The Balaban J connectivity index is 1.57. The minimum Gasteiger partial charge on any atom is -0.495 e. The molecule has 1 aliphatic rings. The molecule has 1 fully saturated rings. The first kappa shape index (κ1) is 21.2. The van der Waals surface area contributed by atoms with E-state index in [0.717, 1.165) is 11.6 Å². The van der Waals surface area contributed by atoms with E-state index >= 15 is 0 Å². The van der Waals surface area contributed by atoms with E-state index in [1.165, 1.54) is 22.5 Å². The van der Waals surface area contributed by atoms with Gasteiger partial charge in [-0.25, -0.2) is 12.8 Å². The number of benzene rings is 2. The van der Waals surface area contributed by atoms with E-state index in [1.807, 2.05) is 24.0 Å². The lowest BCUT2D eigenvalue weighted by Crippen LogP contribution is -2.50. The summed E-state index contributed by atoms with van der Waals surface area (Å²) in [7, 11) is -2.21. The summed E-state index contributed by atoms with van der Waals surface area (Å²) < 4.78 is 45.3. The second kappa shape index (κ2) is 8.89. The van der Waals surface area contributed by atoms with Gasteiger partial charge in [0.15, 0.2) is 0 Å². The van der Waals surface area contributed by atoms with Gasteiger partial charge in [-0.3, -0.25) is 9.69 Å². The average molecular weight is 421 g/mol. The number of nitrogens with zero attached hydrogens (tertiary/aromatic N) is 2. The number of anilines is 1. The lowest BCUT2D eigenvalue weighted by atomic mass is 10.2. The summed E-state index contributed by atoms with van der Waals surface area (Å²) in [6.07, 6.45) is 0. The number of rotatable bonds is 6. The van der Waals surface area contributed by atoms with E-state index in [2.05, 4.69) is 5.32 Å². The normalized spacial score (nSPS) is 15.8. The fourth-order valence-electron chi connectivity index (χ4n) is 3.22. The van der Waals surface area contributed by atoms with Gasteiger partial charge in [0.25, 0.3) is 0 Å². The molecule has 3 rings (SSSR count). The summed E-state index contributed by atoms with van der Waals surface area (Å²) in [4.78, 5) is 14.2. The minimum absolute atomic E-state index is 0.0600. The van der Waals surface area contributed by atoms with Crippen molar-refractivity contribution in [2.75, 3.05) is 45.2 Å². The third-order valence-electron chi connectivity index (χ3n) is 4.76. The Bertz CT molecular complexity index is 989. The lowest BCUT2D eigenvalue weighted by molar-refractivity contribution is -0.117. The maximum absolute atomic E-state index is 13.4. The van der Waals surface area contributed by atoms with Crippen molar-refractivity contribution < 1.29 is 22.3 Å². The number of methoxy groups -OCH3 is 1. The molecule has 1 aliphatic heterocycles. The number of hydrogen-bond donors (Lipinski definition) is 1. The summed E-state index contributed by atoms with van der Waals surface area (Å²) in [5, 5.41) is 2.84. The molecular weight excluding hydrogens is 397 g/mol. The average Bonchev–Trinajstić information content (AvgIpc) is 2.68. The molecule has 2 aromatic rings. The van der Waals surface area contributed by atoms with Gasteiger partial charge in [-0.05, 0) is 42.8 Å². The third kappa shape index (κ3) is 5.11. The molecule has 7 nitrogen and oxygen atoms in total. The van der Waals surface area contributed by atoms with Crippen LogP contribution in [0.1, 0.15) is 5.56 Å². The summed E-state index contributed by atoms with van der Waals surface area (Å²) >= 11 is 0. The van der Waals surface area contributed by atoms with Crippen molar-refractivity contribution >= 4 is 21.6 Å². The van der Waals surface area contributed by atoms with Crippen LogP contribution in [0.5, 0.6) is 5.75 Å². The van der Waals surface area contributed by atoms with Crippen LogP contribution in [-0.2, 0) is 14.8 Å². The number of sulfonamides is 1. The van der Waals surface area contributed by atoms with Crippen LogP contribution in [-0.4, -0.2) is 63.4 Å². The highest BCUT2D eigenvalue weighted by Gasteiger charge is 2.29. The largest absolute Gasteiger partial charge is 0.495 e. The fraction of sp³-hybridized carbons (Fsp3) is 0.350. The molecule has 1 amide bonds. The number of carbonyl (C=O) groups is 1. The highest BCUT2D eigenvalue weighted by Crippen LogP contribution is 2.25. The fourth-order valence-corrected chi connectivity index (χ4v) is 4.67. The Morgan fingerprint density at radius 2 is 1.86 bits per heavy atom. The van der Waals surface area contributed by atoms with E-state index in [0.29, 0.717) is 24.5 Å². The molecule has 0 atom stereocenters. The molecule has 2 aromatic carbocycles. The molecule has 0 unspecified atom stereocenters. The Morgan fingerprint density at radius 1 is 1.14 bits per heavy atom. The van der Waals surface area contributed by atoms with Crippen molar-refractivity contribution in [3.8, 4) is 5.75 Å². The first-order valence-corrected chi connectivity index (χ1v) is 10.7. The minimum atomic E-state index is -3.75. The van der Waals surface area contributed by atoms with Crippen LogP contribution in [0, 0.1) is 12.7 Å². The number of piperazine rings is 1. The number of carbonyl (C=O) groups excluding carboxylic acids is 1. The van der Waals surface area contributed by atoms with Crippen molar-refractivity contribution in [1.82, 2.24) is 9.21 Å². The molecule has 29 heavy (non-hydrogen) atoms. The van der Waals surface area contributed by atoms with Crippen molar-refractivity contribution in [1.29, 1.82) is 0 Å². The van der Waals surface area contributed by atoms with E-state index in [9.17, 15) is 17.6 Å². The predicted molar refractivity (Wildman–Crippen MR) is 108 cm³/mol. The summed E-state index contributed by atoms with van der Waals surface area (Å²) in [5.74, 6) is -0.210. The van der Waals surface area contributed by atoms with Crippen LogP contribution in [0.2, 0.25) is 0 Å². The third-order valence-corrected chi connectivity index (χ3v) is 6.66. The van der Waals surface area contributed by atoms with Crippen molar-refractivity contribution in [2.45, 2.75) is 11.8 Å². The van der Waals surface area contributed by atoms with Gasteiger partial charge in [0.2, 0.25) is 15.9 Å². The number of aryl methyl sites for hydroxylation is 1. The van der Waals surface area contributed by atoms with E-state index in [4.69, 9.17) is 4.74 Å². The first-order valence-electron chi connectivity index (χ1n) is 9.22. The second-order valence-electron chi connectivity index (χ2n) is 6.89. The van der Waals surface area contributed by atoms with Crippen LogP contribution in [0.25, 0.3) is 0 Å². The smallest absolute Gasteiger partial charge is 0.243 e. The van der Waals surface area contributed by atoms with E-state index in [1.54, 1.807) is 13.2 Å². The summed E-state index contributed by atoms with van der Waals surface area (Å²) in [6, 6.07) is 10.5. The molecule has 0 aliphatic carbocycles. The zero-order valence-corrected chi connectivity index (χ0v) is 17.2. The van der Waals surface area contributed by atoms with Crippen LogP contribution >= 0.6 is 0 Å². The van der Waals surface area contributed by atoms with E-state index < -0.39 is 15.8 Å². The van der Waals surface area contributed by atoms with Gasteiger partial charge in [0.05, 0.1) is 24.2 Å². The molecule has 0 spiro atoms. The molecule has 1 N–H and O–H groups in total. The van der Waals surface area contributed by atoms with Gasteiger partial charge >= 0.3 is 0 Å². The van der Waals surface area contributed by atoms with Crippen molar-refractivity contribution in [2.24, 2.45) is 0 Å². The van der Waals surface area contributed by atoms with Gasteiger partial charge < -0.3 is 10.1 Å². The van der Waals surface area contributed by atoms with Crippen LogP contribution in [0.15, 0.2) is 47.4 Å². The lowest BCUT2D eigenvalue weighted by Gasteiger charge is -2.33. The topological polar surface area (TPSA) is 79.0 Å². The number of ether oxygens (including phenoxy) is 1. The Morgan fingerprint density at radius 3 is 2.52 bits per heavy atom. The molecule has 0 aromatic heterocycles. The van der Waals surface area contributed by atoms with Crippen molar-refractivity contribution in [3.05, 3.63) is 53.8 Å². The Kier molecular flexibility index (Phi) is 6.51. The predicted octanol–water partition coefficient (Wildman–Crippen LogP) is 2.09. The maximum atomic E-state index is 13.4. The van der Waals surface area contributed by atoms with Gasteiger partial charge in [-0.15, -0.1) is 0 Å². The zero-order chi connectivity index (χ0) is 21.0. The first-order chi connectivity index (χ1) is 13.8. The quantitative estimate of drug-likeness (QED) is 0.773. The monoisotopic (exact) mass is 421 g/mol. The number of nitrogens with one attached hydrogen (secondary N) is 1. The van der Waals surface area contributed by atoms with E-state index in [-0.39, 0.29) is 30.4 Å². The zero-order valence-electron chi connectivity index (χ0n) is 16.4. The van der Waals surface area contributed by atoms with Crippen LogP contribution < -0.4 is 10.1 Å². The number of amides is 1. The Hall–Kier alpha value is -2.49.